The summed E-state index contributed by atoms with van der Waals surface area (Å²) in [6.45, 7) is 0. The second kappa shape index (κ2) is 19.7. The molecule has 0 radical (unpaired) electrons. The van der Waals surface area contributed by atoms with Crippen LogP contribution in [0, 0.1) is 0 Å². The Hall–Kier alpha value is -11.6. The molecule has 15 aromatic carbocycles. The van der Waals surface area contributed by atoms with Gasteiger partial charge in [-0.1, -0.05) is 309 Å². The third-order valence-electron chi connectivity index (χ3n) is 20.6. The highest BCUT2D eigenvalue weighted by atomic mass is 16.5. The molecule has 0 N–H and O–H groups in total. The Morgan fingerprint density at radius 1 is 0.176 bits per heavy atom. The molecule has 2 aliphatic heterocycles. The van der Waals surface area contributed by atoms with Gasteiger partial charge in [0.2, 0.25) is 0 Å². The summed E-state index contributed by atoms with van der Waals surface area (Å²) in [5, 5.41) is 4.60. The Morgan fingerprint density at radius 3 is 0.879 bits per heavy atom. The zero-order chi connectivity index (χ0) is 59.8. The van der Waals surface area contributed by atoms with Crippen LogP contribution >= 0.6 is 0 Å². The summed E-state index contributed by atoms with van der Waals surface area (Å²) in [5.41, 5.74) is 24.0. The average molecular weight is 1160 g/mol. The fraction of sp³-hybridized carbons (Fsp3) is 0.0337. The third kappa shape index (κ3) is 6.91. The molecule has 0 fully saturated rings. The molecular weight excluding hydrogens is 1100 g/mol. The van der Waals surface area contributed by atoms with Crippen molar-refractivity contribution in [2.75, 3.05) is 0 Å². The monoisotopic (exact) mass is 1160 g/mol. The molecule has 2 heteroatoms. The maximum Gasteiger partial charge on any atom is 0.132 e. The molecule has 4 aliphatic rings. The van der Waals surface area contributed by atoms with E-state index in [0.717, 1.165) is 89.1 Å². The normalized spacial score (nSPS) is 14.4. The zero-order valence-corrected chi connectivity index (χ0v) is 49.6. The van der Waals surface area contributed by atoms with Crippen LogP contribution in [0.5, 0.6) is 23.0 Å². The van der Waals surface area contributed by atoms with Gasteiger partial charge in [-0.2, -0.15) is 0 Å². The Bertz CT molecular complexity index is 5090. The van der Waals surface area contributed by atoms with Crippen LogP contribution in [0.3, 0.4) is 0 Å². The van der Waals surface area contributed by atoms with Gasteiger partial charge in [0.25, 0.3) is 0 Å². The van der Waals surface area contributed by atoms with Crippen LogP contribution in [0.15, 0.2) is 340 Å². The van der Waals surface area contributed by atoms with Gasteiger partial charge in [-0.05, 0) is 152 Å². The lowest BCUT2D eigenvalue weighted by Gasteiger charge is -2.43. The summed E-state index contributed by atoms with van der Waals surface area (Å²) in [6, 6.07) is 126. The minimum Gasteiger partial charge on any atom is -0.457 e. The molecule has 91 heavy (non-hydrogen) atoms. The van der Waals surface area contributed by atoms with E-state index in [1.807, 2.05) is 0 Å². The lowest BCUT2D eigenvalue weighted by molar-refractivity contribution is 0.435. The molecule has 2 nitrogen and oxygen atoms in total. The van der Waals surface area contributed by atoms with E-state index in [-0.39, 0.29) is 0 Å². The van der Waals surface area contributed by atoms with Crippen molar-refractivity contribution in [1.82, 2.24) is 0 Å². The van der Waals surface area contributed by atoms with Crippen molar-refractivity contribution < 1.29 is 9.47 Å². The van der Waals surface area contributed by atoms with Crippen LogP contribution < -0.4 is 9.47 Å². The molecule has 0 unspecified atom stereocenters. The summed E-state index contributed by atoms with van der Waals surface area (Å²) in [4.78, 5) is 0. The second-order valence-corrected chi connectivity index (χ2v) is 24.7. The van der Waals surface area contributed by atoms with Crippen LogP contribution in [-0.2, 0) is 16.2 Å². The van der Waals surface area contributed by atoms with Gasteiger partial charge in [0.05, 0.1) is 16.2 Å². The Kier molecular flexibility index (Phi) is 11.1. The summed E-state index contributed by atoms with van der Waals surface area (Å²) in [5.74, 6) is 3.35. The predicted molar refractivity (Wildman–Crippen MR) is 371 cm³/mol. The van der Waals surface area contributed by atoms with Crippen molar-refractivity contribution in [3.8, 4) is 78.6 Å². The molecule has 0 bridgehead atoms. The number of fused-ring (bicyclic) bond motifs is 16. The van der Waals surface area contributed by atoms with Gasteiger partial charge in [0.15, 0.2) is 0 Å². The maximum absolute atomic E-state index is 7.24. The van der Waals surface area contributed by atoms with E-state index in [9.17, 15) is 0 Å². The number of hydrogen-bond donors (Lipinski definition) is 0. The second-order valence-electron chi connectivity index (χ2n) is 24.7. The first-order chi connectivity index (χ1) is 45.2. The van der Waals surface area contributed by atoms with Crippen molar-refractivity contribution in [2.24, 2.45) is 0 Å². The smallest absolute Gasteiger partial charge is 0.132 e. The van der Waals surface area contributed by atoms with Crippen LogP contribution in [0.2, 0.25) is 0 Å². The number of hydrogen-bond acceptors (Lipinski definition) is 2. The summed E-state index contributed by atoms with van der Waals surface area (Å²) >= 11 is 0. The Balaban J connectivity index is 0.980. The van der Waals surface area contributed by atoms with E-state index in [1.54, 1.807) is 0 Å². The number of para-hydroxylation sites is 2. The van der Waals surface area contributed by atoms with Crippen molar-refractivity contribution >= 4 is 21.5 Å². The summed E-state index contributed by atoms with van der Waals surface area (Å²) in [6.07, 6.45) is 0. The quantitative estimate of drug-likeness (QED) is 0.148. The molecule has 0 aromatic heterocycles. The molecule has 0 saturated heterocycles. The maximum atomic E-state index is 7.24. The van der Waals surface area contributed by atoms with Gasteiger partial charge in [0, 0.05) is 22.3 Å². The van der Waals surface area contributed by atoms with E-state index in [4.69, 9.17) is 9.47 Å². The SMILES string of the molecule is c1ccc(C2(c3ccccc3)c3ccccc3Oc3cccc(-c4cccc5c(-c6cccc7c6C6(c8ccccc8-c8ccccc86)c6ccccc6-7)c6cccc(-c7cccc8c7C(c7ccccc7)(c7ccccc7)c7ccccc7O8)c6cc45)c32)cc1. The molecule has 0 atom stereocenters. The van der Waals surface area contributed by atoms with Gasteiger partial charge < -0.3 is 9.47 Å². The molecule has 15 aromatic rings. The first kappa shape index (κ1) is 51.5. The molecule has 1 spiro atoms. The number of ether oxygens (including phenoxy) is 2. The standard InChI is InChI=1S/C89H56O2/c1-5-28-57(29-6-1)87(58-30-7-2-8-31-58)77-50-19-21-52-79(77)90-81-54-26-44-68(85(81)87)61-39-23-41-66-72(61)56-73-62(69-45-27-55-82-86(69)88(59-32-9-3-10-33-59,60-34-11-4-12-35-60)78-51-20-22-53-80(78)91-82)40-24-42-67(73)83(66)71-46-25-43-70-65-38-15-18-49-76(65)89(84(70)71)74-47-16-13-36-63(74)64-37-14-17-48-75(64)89/h1-56H. The fourth-order valence-corrected chi connectivity index (χ4v) is 17.3. The van der Waals surface area contributed by atoms with E-state index in [1.165, 1.54) is 77.9 Å². The largest absolute Gasteiger partial charge is 0.457 e. The van der Waals surface area contributed by atoms with E-state index >= 15 is 0 Å². The number of rotatable bonds is 7. The minimum absolute atomic E-state index is 0.623. The summed E-state index contributed by atoms with van der Waals surface area (Å²) < 4.78 is 14.5. The molecule has 0 amide bonds. The molecular formula is C89H56O2. The predicted octanol–water partition coefficient (Wildman–Crippen LogP) is 22.3. The zero-order valence-electron chi connectivity index (χ0n) is 49.6. The van der Waals surface area contributed by atoms with Crippen molar-refractivity contribution in [3.05, 3.63) is 406 Å². The van der Waals surface area contributed by atoms with Gasteiger partial charge >= 0.3 is 0 Å². The molecule has 2 aliphatic carbocycles. The third-order valence-corrected chi connectivity index (χ3v) is 20.6. The molecule has 0 saturated carbocycles. The van der Waals surface area contributed by atoms with Crippen molar-refractivity contribution in [2.45, 2.75) is 16.2 Å². The van der Waals surface area contributed by atoms with Crippen molar-refractivity contribution in [3.63, 3.8) is 0 Å². The molecule has 2 heterocycles. The topological polar surface area (TPSA) is 18.5 Å². The Labute approximate surface area is 529 Å². The first-order valence-electron chi connectivity index (χ1n) is 31.6. The Morgan fingerprint density at radius 2 is 0.462 bits per heavy atom. The van der Waals surface area contributed by atoms with Crippen LogP contribution in [0.25, 0.3) is 77.2 Å². The lowest BCUT2D eigenvalue weighted by Crippen LogP contribution is -2.34. The highest BCUT2D eigenvalue weighted by molar-refractivity contribution is 6.21. The van der Waals surface area contributed by atoms with Gasteiger partial charge in [0.1, 0.15) is 23.0 Å². The molecule has 424 valence electrons. The minimum atomic E-state index is -0.782. The highest BCUT2D eigenvalue weighted by Crippen LogP contribution is 2.66. The fourth-order valence-electron chi connectivity index (χ4n) is 17.3. The van der Waals surface area contributed by atoms with E-state index in [0.29, 0.717) is 0 Å². The van der Waals surface area contributed by atoms with E-state index in [2.05, 4.69) is 340 Å². The van der Waals surface area contributed by atoms with Crippen LogP contribution in [0.4, 0.5) is 0 Å². The number of benzene rings is 15. The van der Waals surface area contributed by atoms with Crippen LogP contribution in [0.1, 0.15) is 66.8 Å². The average Bonchev–Trinajstić information content (AvgIpc) is 1.61. The van der Waals surface area contributed by atoms with Gasteiger partial charge in [-0.25, -0.2) is 0 Å². The molecule has 19 rings (SSSR count). The van der Waals surface area contributed by atoms with Gasteiger partial charge in [-0.15, -0.1) is 0 Å². The lowest BCUT2D eigenvalue weighted by atomic mass is 9.62. The first-order valence-corrected chi connectivity index (χ1v) is 31.6. The highest BCUT2D eigenvalue weighted by Gasteiger charge is 2.54. The summed E-state index contributed by atoms with van der Waals surface area (Å²) in [7, 11) is 0. The van der Waals surface area contributed by atoms with E-state index < -0.39 is 16.2 Å². The van der Waals surface area contributed by atoms with Crippen molar-refractivity contribution in [1.29, 1.82) is 0 Å². The van der Waals surface area contributed by atoms with Crippen LogP contribution in [-0.4, -0.2) is 0 Å². The van der Waals surface area contributed by atoms with Gasteiger partial charge in [-0.3, -0.25) is 0 Å².